The van der Waals surface area contributed by atoms with Crippen LogP contribution in [0.2, 0.25) is 0 Å². The fraction of sp³-hybridized carbons (Fsp3) is 0.458. The van der Waals surface area contributed by atoms with Gasteiger partial charge in [0.05, 0.1) is 40.6 Å². The van der Waals surface area contributed by atoms with Gasteiger partial charge in [-0.05, 0) is 29.8 Å². The first-order valence-corrected chi connectivity index (χ1v) is 10.7. The first-order chi connectivity index (χ1) is 15.5. The Hall–Kier alpha value is -2.97. The molecular weight excluding hydrogens is 410 g/mol. The van der Waals surface area contributed by atoms with E-state index < -0.39 is 0 Å². The summed E-state index contributed by atoms with van der Waals surface area (Å²) in [6.45, 7) is 3.48. The van der Waals surface area contributed by atoms with Gasteiger partial charge in [-0.25, -0.2) is 0 Å². The molecule has 1 saturated heterocycles. The standard InChI is InChI=1S/C24H33N3O5/c1-26(2)19-8-6-17(7-9-19)20(27-10-12-32-13-11-27)16-25-24(28)18-14-21(29-3)23(31-5)22(15-18)30-4/h6-9,14-15,20H,10-13,16H2,1-5H3,(H,25,28)/t20-/m1/s1. The Balaban J connectivity index is 1.80. The number of nitrogens with zero attached hydrogens (tertiary/aromatic N) is 2. The lowest BCUT2D eigenvalue weighted by molar-refractivity contribution is 0.0162. The number of rotatable bonds is 9. The molecule has 1 N–H and O–H groups in total. The van der Waals surface area contributed by atoms with E-state index in [2.05, 4.69) is 39.4 Å². The molecule has 2 aromatic carbocycles. The van der Waals surface area contributed by atoms with Gasteiger partial charge in [0.1, 0.15) is 0 Å². The molecule has 174 valence electrons. The Morgan fingerprint density at radius 1 is 1.03 bits per heavy atom. The van der Waals surface area contributed by atoms with Crippen molar-refractivity contribution in [1.29, 1.82) is 0 Å². The summed E-state index contributed by atoms with van der Waals surface area (Å²) in [6.07, 6.45) is 0. The van der Waals surface area contributed by atoms with Gasteiger partial charge in [0.2, 0.25) is 5.75 Å². The maximum absolute atomic E-state index is 13.0. The SMILES string of the molecule is COc1cc(C(=O)NC[C@H](c2ccc(N(C)C)cc2)N2CCOCC2)cc(OC)c1OC. The first kappa shape index (κ1) is 23.7. The van der Waals surface area contributed by atoms with Crippen LogP contribution in [0.3, 0.4) is 0 Å². The molecule has 0 saturated carbocycles. The number of morpholine rings is 1. The molecule has 1 aliphatic rings. The van der Waals surface area contributed by atoms with Crippen LogP contribution in [-0.4, -0.2) is 79.1 Å². The van der Waals surface area contributed by atoms with Crippen molar-refractivity contribution < 1.29 is 23.7 Å². The highest BCUT2D eigenvalue weighted by molar-refractivity contribution is 5.95. The van der Waals surface area contributed by atoms with Crippen LogP contribution >= 0.6 is 0 Å². The van der Waals surface area contributed by atoms with E-state index in [1.165, 1.54) is 21.3 Å². The summed E-state index contributed by atoms with van der Waals surface area (Å²) in [6, 6.07) is 11.8. The maximum atomic E-state index is 13.0. The molecule has 32 heavy (non-hydrogen) atoms. The summed E-state index contributed by atoms with van der Waals surface area (Å²) in [4.78, 5) is 17.4. The van der Waals surface area contributed by atoms with Crippen molar-refractivity contribution in [3.05, 3.63) is 47.5 Å². The van der Waals surface area contributed by atoms with Gasteiger partial charge in [-0.3, -0.25) is 9.69 Å². The third-order valence-electron chi connectivity index (χ3n) is 5.66. The molecule has 0 spiro atoms. The van der Waals surface area contributed by atoms with E-state index in [0.717, 1.165) is 24.3 Å². The Morgan fingerprint density at radius 3 is 2.12 bits per heavy atom. The van der Waals surface area contributed by atoms with E-state index in [1.807, 2.05) is 14.1 Å². The first-order valence-electron chi connectivity index (χ1n) is 10.7. The number of carbonyl (C=O) groups is 1. The number of carbonyl (C=O) groups excluding carboxylic acids is 1. The molecule has 0 radical (unpaired) electrons. The van der Waals surface area contributed by atoms with Crippen molar-refractivity contribution in [2.75, 3.05) is 73.2 Å². The second kappa shape index (κ2) is 11.1. The zero-order valence-corrected chi connectivity index (χ0v) is 19.5. The average Bonchev–Trinajstić information content (AvgIpc) is 2.83. The topological polar surface area (TPSA) is 72.5 Å². The van der Waals surface area contributed by atoms with Crippen molar-refractivity contribution in [1.82, 2.24) is 10.2 Å². The molecule has 8 nitrogen and oxygen atoms in total. The smallest absolute Gasteiger partial charge is 0.251 e. The lowest BCUT2D eigenvalue weighted by Gasteiger charge is -2.35. The van der Waals surface area contributed by atoms with Gasteiger partial charge in [-0.15, -0.1) is 0 Å². The minimum absolute atomic E-state index is 0.0427. The second-order valence-corrected chi connectivity index (χ2v) is 7.77. The molecule has 1 amide bonds. The molecule has 1 atom stereocenters. The van der Waals surface area contributed by atoms with Gasteiger partial charge < -0.3 is 29.2 Å². The molecule has 1 heterocycles. The number of anilines is 1. The number of benzene rings is 2. The van der Waals surface area contributed by atoms with Crippen LogP contribution < -0.4 is 24.4 Å². The summed E-state index contributed by atoms with van der Waals surface area (Å²) >= 11 is 0. The summed E-state index contributed by atoms with van der Waals surface area (Å²) in [5.41, 5.74) is 2.74. The molecular formula is C24H33N3O5. The van der Waals surface area contributed by atoms with Gasteiger partial charge in [0.25, 0.3) is 5.91 Å². The number of amides is 1. The van der Waals surface area contributed by atoms with Crippen LogP contribution in [0.25, 0.3) is 0 Å². The number of nitrogens with one attached hydrogen (secondary N) is 1. The van der Waals surface area contributed by atoms with Crippen molar-refractivity contribution in [2.45, 2.75) is 6.04 Å². The minimum Gasteiger partial charge on any atom is -0.493 e. The van der Waals surface area contributed by atoms with Crippen LogP contribution in [0, 0.1) is 0 Å². The van der Waals surface area contributed by atoms with E-state index in [9.17, 15) is 4.79 Å². The van der Waals surface area contributed by atoms with E-state index in [4.69, 9.17) is 18.9 Å². The molecule has 8 heteroatoms. The Kier molecular flexibility index (Phi) is 8.19. The number of ether oxygens (including phenoxy) is 4. The molecule has 0 aliphatic carbocycles. The fourth-order valence-electron chi connectivity index (χ4n) is 3.85. The predicted octanol–water partition coefficient (Wildman–Crippen LogP) is 2.58. The Bertz CT molecular complexity index is 870. The quantitative estimate of drug-likeness (QED) is 0.639. The van der Waals surface area contributed by atoms with Crippen LogP contribution in [0.5, 0.6) is 17.2 Å². The van der Waals surface area contributed by atoms with Gasteiger partial charge in [-0.1, -0.05) is 12.1 Å². The van der Waals surface area contributed by atoms with Crippen LogP contribution in [0.15, 0.2) is 36.4 Å². The molecule has 1 aliphatic heterocycles. The summed E-state index contributed by atoms with van der Waals surface area (Å²) in [5.74, 6) is 1.15. The minimum atomic E-state index is -0.201. The van der Waals surface area contributed by atoms with Crippen LogP contribution in [0.4, 0.5) is 5.69 Å². The third-order valence-corrected chi connectivity index (χ3v) is 5.66. The predicted molar refractivity (Wildman–Crippen MR) is 124 cm³/mol. The second-order valence-electron chi connectivity index (χ2n) is 7.77. The normalized spacial score (nSPS) is 15.0. The zero-order valence-electron chi connectivity index (χ0n) is 19.5. The Morgan fingerprint density at radius 2 is 1.62 bits per heavy atom. The number of hydrogen-bond acceptors (Lipinski definition) is 7. The number of methoxy groups -OCH3 is 3. The number of hydrogen-bond donors (Lipinski definition) is 1. The summed E-state index contributed by atoms with van der Waals surface area (Å²) < 4.78 is 21.6. The molecule has 1 fully saturated rings. The van der Waals surface area contributed by atoms with Crippen molar-refractivity contribution in [2.24, 2.45) is 0 Å². The molecule has 0 aromatic heterocycles. The van der Waals surface area contributed by atoms with Gasteiger partial charge in [0, 0.05) is 45.0 Å². The van der Waals surface area contributed by atoms with E-state index in [-0.39, 0.29) is 11.9 Å². The fourth-order valence-corrected chi connectivity index (χ4v) is 3.85. The highest BCUT2D eigenvalue weighted by Crippen LogP contribution is 2.38. The van der Waals surface area contributed by atoms with Crippen LogP contribution in [0.1, 0.15) is 22.0 Å². The average molecular weight is 444 g/mol. The lowest BCUT2D eigenvalue weighted by Crippen LogP contribution is -2.43. The van der Waals surface area contributed by atoms with Crippen molar-refractivity contribution in [3.8, 4) is 17.2 Å². The molecule has 2 aromatic rings. The molecule has 0 bridgehead atoms. The maximum Gasteiger partial charge on any atom is 0.251 e. The molecule has 3 rings (SSSR count). The lowest BCUT2D eigenvalue weighted by atomic mass is 10.0. The highest BCUT2D eigenvalue weighted by atomic mass is 16.5. The van der Waals surface area contributed by atoms with Crippen molar-refractivity contribution >= 4 is 11.6 Å². The zero-order chi connectivity index (χ0) is 23.1. The molecule has 0 unspecified atom stereocenters. The van der Waals surface area contributed by atoms with Crippen LogP contribution in [-0.2, 0) is 4.74 Å². The van der Waals surface area contributed by atoms with Crippen molar-refractivity contribution in [3.63, 3.8) is 0 Å². The highest BCUT2D eigenvalue weighted by Gasteiger charge is 2.24. The Labute approximate surface area is 190 Å². The largest absolute Gasteiger partial charge is 0.493 e. The van der Waals surface area contributed by atoms with Gasteiger partial charge in [-0.2, -0.15) is 0 Å². The summed E-state index contributed by atoms with van der Waals surface area (Å²) in [7, 11) is 8.64. The van der Waals surface area contributed by atoms with E-state index in [0.29, 0.717) is 42.6 Å². The van der Waals surface area contributed by atoms with Gasteiger partial charge >= 0.3 is 0 Å². The van der Waals surface area contributed by atoms with E-state index >= 15 is 0 Å². The van der Waals surface area contributed by atoms with E-state index in [1.54, 1.807) is 12.1 Å². The van der Waals surface area contributed by atoms with Gasteiger partial charge in [0.15, 0.2) is 11.5 Å². The monoisotopic (exact) mass is 443 g/mol. The third kappa shape index (κ3) is 5.44. The summed E-state index contributed by atoms with van der Waals surface area (Å²) in [5, 5.41) is 3.09.